The van der Waals surface area contributed by atoms with Gasteiger partial charge in [0.25, 0.3) is 0 Å². The third kappa shape index (κ3) is 4.56. The number of piperidine rings is 1. The van der Waals surface area contributed by atoms with Crippen molar-refractivity contribution in [3.8, 4) is 0 Å². The van der Waals surface area contributed by atoms with Crippen molar-refractivity contribution >= 4 is 5.78 Å². The molecule has 4 atom stereocenters. The SMILES string of the molecule is C[NH+]1[C@@H](CC(=O)c2ccccc2)CCC[C@@H]1C[C@@H](O)c1ccccc1. The van der Waals surface area contributed by atoms with E-state index in [0.29, 0.717) is 18.5 Å². The molecule has 25 heavy (non-hydrogen) atoms. The number of hydrogen-bond acceptors (Lipinski definition) is 2. The Hall–Kier alpha value is -1.97. The van der Waals surface area contributed by atoms with Crippen LogP contribution in [-0.4, -0.2) is 30.0 Å². The zero-order chi connectivity index (χ0) is 17.6. The number of benzene rings is 2. The van der Waals surface area contributed by atoms with Gasteiger partial charge in [-0.15, -0.1) is 0 Å². The summed E-state index contributed by atoms with van der Waals surface area (Å²) in [5.41, 5.74) is 1.79. The second kappa shape index (κ2) is 8.41. The molecule has 3 heteroatoms. The highest BCUT2D eigenvalue weighted by molar-refractivity contribution is 5.96. The molecule has 0 saturated carbocycles. The predicted molar refractivity (Wildman–Crippen MR) is 99.7 cm³/mol. The number of carbonyl (C=O) groups excluding carboxylic acids is 1. The summed E-state index contributed by atoms with van der Waals surface area (Å²) in [5, 5.41) is 10.6. The summed E-state index contributed by atoms with van der Waals surface area (Å²) in [6, 6.07) is 20.2. The summed E-state index contributed by atoms with van der Waals surface area (Å²) in [6.07, 6.45) is 4.26. The van der Waals surface area contributed by atoms with Crippen LogP contribution in [0.15, 0.2) is 60.7 Å². The van der Waals surface area contributed by atoms with E-state index < -0.39 is 6.10 Å². The first kappa shape index (κ1) is 17.8. The Balaban J connectivity index is 1.61. The predicted octanol–water partition coefficient (Wildman–Crippen LogP) is 2.82. The van der Waals surface area contributed by atoms with Gasteiger partial charge in [-0.25, -0.2) is 0 Å². The second-order valence-electron chi connectivity index (χ2n) is 7.22. The Labute approximate surface area is 150 Å². The molecular formula is C22H28NO2+. The van der Waals surface area contributed by atoms with Gasteiger partial charge in [0.05, 0.1) is 31.7 Å². The van der Waals surface area contributed by atoms with Gasteiger partial charge in [0.1, 0.15) is 0 Å². The van der Waals surface area contributed by atoms with Crippen LogP contribution in [0.25, 0.3) is 0 Å². The topological polar surface area (TPSA) is 41.7 Å². The van der Waals surface area contributed by atoms with Crippen LogP contribution in [0.5, 0.6) is 0 Å². The Morgan fingerprint density at radius 3 is 2.32 bits per heavy atom. The largest absolute Gasteiger partial charge is 0.388 e. The van der Waals surface area contributed by atoms with Crippen LogP contribution in [0.1, 0.15) is 54.1 Å². The molecule has 132 valence electrons. The lowest BCUT2D eigenvalue weighted by Gasteiger charge is -2.37. The summed E-state index contributed by atoms with van der Waals surface area (Å²) in [4.78, 5) is 13.9. The van der Waals surface area contributed by atoms with E-state index in [1.807, 2.05) is 60.7 Å². The molecule has 0 aliphatic carbocycles. The number of aliphatic hydroxyl groups is 1. The van der Waals surface area contributed by atoms with Crippen LogP contribution in [0.4, 0.5) is 0 Å². The lowest BCUT2D eigenvalue weighted by molar-refractivity contribution is -0.936. The minimum Gasteiger partial charge on any atom is -0.388 e. The highest BCUT2D eigenvalue weighted by Crippen LogP contribution is 2.22. The maximum absolute atomic E-state index is 12.5. The fourth-order valence-electron chi connectivity index (χ4n) is 4.01. The molecule has 0 radical (unpaired) electrons. The lowest BCUT2D eigenvalue weighted by Crippen LogP contribution is -3.17. The van der Waals surface area contributed by atoms with E-state index in [2.05, 4.69) is 7.05 Å². The molecule has 1 aliphatic rings. The molecule has 1 unspecified atom stereocenters. The highest BCUT2D eigenvalue weighted by Gasteiger charge is 2.34. The van der Waals surface area contributed by atoms with Gasteiger partial charge in [-0.05, 0) is 18.4 Å². The van der Waals surface area contributed by atoms with Crippen LogP contribution in [0.2, 0.25) is 0 Å². The molecule has 2 aromatic rings. The maximum atomic E-state index is 12.5. The zero-order valence-electron chi connectivity index (χ0n) is 14.9. The summed E-state index contributed by atoms with van der Waals surface area (Å²) < 4.78 is 0. The van der Waals surface area contributed by atoms with Gasteiger partial charge in [-0.1, -0.05) is 60.7 Å². The van der Waals surface area contributed by atoms with Crippen LogP contribution < -0.4 is 4.90 Å². The standard InChI is InChI=1S/C22H27NO2/c1-23-19(15-21(24)17-9-4-2-5-10-17)13-8-14-20(23)16-22(25)18-11-6-3-7-12-18/h2-7,9-12,19-21,24H,8,13-16H2,1H3/p+1/t19-,20-,21-/m1/s1. The third-order valence-electron chi connectivity index (χ3n) is 5.61. The average Bonchev–Trinajstić information content (AvgIpc) is 2.66. The first-order valence-electron chi connectivity index (χ1n) is 9.29. The number of ketones is 1. The Bertz CT molecular complexity index is 671. The van der Waals surface area contributed by atoms with E-state index in [-0.39, 0.29) is 5.78 Å². The van der Waals surface area contributed by atoms with Crippen molar-refractivity contribution in [1.29, 1.82) is 0 Å². The molecule has 2 N–H and O–H groups in total. The van der Waals surface area contributed by atoms with Crippen LogP contribution >= 0.6 is 0 Å². The number of likely N-dealkylation sites (tertiary alicyclic amines) is 1. The summed E-state index contributed by atoms with van der Waals surface area (Å²) >= 11 is 0. The Kier molecular flexibility index (Phi) is 6.00. The normalized spacial score (nSPS) is 24.6. The van der Waals surface area contributed by atoms with Gasteiger partial charge in [-0.2, -0.15) is 0 Å². The molecule has 2 aromatic carbocycles. The van der Waals surface area contributed by atoms with Gasteiger partial charge >= 0.3 is 0 Å². The third-order valence-corrected chi connectivity index (χ3v) is 5.61. The molecule has 1 saturated heterocycles. The van der Waals surface area contributed by atoms with E-state index in [0.717, 1.165) is 36.8 Å². The number of carbonyl (C=O) groups is 1. The number of Topliss-reactive ketones (excluding diaryl/α,β-unsaturated/α-hetero) is 1. The molecule has 3 rings (SSSR count). The quantitative estimate of drug-likeness (QED) is 0.795. The van der Waals surface area contributed by atoms with Crippen molar-refractivity contribution in [1.82, 2.24) is 0 Å². The molecular weight excluding hydrogens is 310 g/mol. The molecule has 3 nitrogen and oxygen atoms in total. The highest BCUT2D eigenvalue weighted by atomic mass is 16.3. The van der Waals surface area contributed by atoms with Gasteiger partial charge in [0.2, 0.25) is 0 Å². The maximum Gasteiger partial charge on any atom is 0.168 e. The van der Waals surface area contributed by atoms with Gasteiger partial charge in [0, 0.05) is 18.4 Å². The van der Waals surface area contributed by atoms with Crippen molar-refractivity contribution in [2.75, 3.05) is 7.05 Å². The van der Waals surface area contributed by atoms with E-state index >= 15 is 0 Å². The molecule has 1 aliphatic heterocycles. The summed E-state index contributed by atoms with van der Waals surface area (Å²) in [7, 11) is 2.18. The molecule has 0 amide bonds. The number of nitrogens with one attached hydrogen (secondary N) is 1. The Morgan fingerprint density at radius 2 is 1.64 bits per heavy atom. The molecule has 0 aromatic heterocycles. The van der Waals surface area contributed by atoms with Gasteiger partial charge in [-0.3, -0.25) is 4.79 Å². The van der Waals surface area contributed by atoms with Crippen LogP contribution in [0, 0.1) is 0 Å². The molecule has 0 spiro atoms. The fourth-order valence-corrected chi connectivity index (χ4v) is 4.01. The smallest absolute Gasteiger partial charge is 0.168 e. The molecule has 1 fully saturated rings. The van der Waals surface area contributed by atoms with E-state index in [1.165, 1.54) is 4.90 Å². The van der Waals surface area contributed by atoms with Crippen LogP contribution in [-0.2, 0) is 0 Å². The number of hydrogen-bond donors (Lipinski definition) is 2. The van der Waals surface area contributed by atoms with Crippen molar-refractivity contribution in [3.63, 3.8) is 0 Å². The number of aliphatic hydroxyl groups excluding tert-OH is 1. The Morgan fingerprint density at radius 1 is 1.04 bits per heavy atom. The first-order chi connectivity index (χ1) is 12.1. The zero-order valence-corrected chi connectivity index (χ0v) is 14.9. The minimum absolute atomic E-state index is 0.231. The summed E-state index contributed by atoms with van der Waals surface area (Å²) in [5.74, 6) is 0.231. The van der Waals surface area contributed by atoms with Gasteiger partial charge in [0.15, 0.2) is 5.78 Å². The number of quaternary nitrogens is 1. The monoisotopic (exact) mass is 338 g/mol. The van der Waals surface area contributed by atoms with Gasteiger partial charge < -0.3 is 10.0 Å². The number of rotatable bonds is 6. The van der Waals surface area contributed by atoms with E-state index in [4.69, 9.17) is 0 Å². The average molecular weight is 338 g/mol. The van der Waals surface area contributed by atoms with Crippen molar-refractivity contribution < 1.29 is 14.8 Å². The lowest BCUT2D eigenvalue weighted by atomic mass is 9.88. The minimum atomic E-state index is -0.426. The fraction of sp³-hybridized carbons (Fsp3) is 0.409. The molecule has 1 heterocycles. The second-order valence-corrected chi connectivity index (χ2v) is 7.22. The molecule has 0 bridgehead atoms. The van der Waals surface area contributed by atoms with E-state index in [1.54, 1.807) is 0 Å². The van der Waals surface area contributed by atoms with Crippen molar-refractivity contribution in [3.05, 3.63) is 71.8 Å². The summed E-state index contributed by atoms with van der Waals surface area (Å²) in [6.45, 7) is 0. The van der Waals surface area contributed by atoms with Crippen LogP contribution in [0.3, 0.4) is 0 Å². The van der Waals surface area contributed by atoms with Crippen molar-refractivity contribution in [2.24, 2.45) is 0 Å². The van der Waals surface area contributed by atoms with E-state index in [9.17, 15) is 9.90 Å². The first-order valence-corrected chi connectivity index (χ1v) is 9.29. The van der Waals surface area contributed by atoms with Crippen molar-refractivity contribution in [2.45, 2.75) is 50.3 Å².